The number of carbonyl (C=O) groups is 1. The summed E-state index contributed by atoms with van der Waals surface area (Å²) in [5, 5.41) is 11.3. The highest BCUT2D eigenvalue weighted by atomic mass is 16.5. The Labute approximate surface area is 124 Å². The van der Waals surface area contributed by atoms with Crippen molar-refractivity contribution in [3.8, 4) is 6.07 Å². The van der Waals surface area contributed by atoms with Gasteiger partial charge in [0.15, 0.2) is 0 Å². The third kappa shape index (κ3) is 5.09. The molecule has 0 saturated heterocycles. The van der Waals surface area contributed by atoms with Crippen molar-refractivity contribution in [1.82, 2.24) is 0 Å². The molecule has 2 aromatic carbocycles. The maximum Gasteiger partial charge on any atom is 0.250 e. The lowest BCUT2D eigenvalue weighted by atomic mass is 10.1. The van der Waals surface area contributed by atoms with Gasteiger partial charge in [0.25, 0.3) is 0 Å². The molecule has 0 atom stereocenters. The first-order chi connectivity index (χ1) is 10.3. The van der Waals surface area contributed by atoms with Gasteiger partial charge in [0.2, 0.25) is 5.91 Å². The summed E-state index contributed by atoms with van der Waals surface area (Å²) in [4.78, 5) is 11.7. The molecule has 0 heterocycles. The lowest BCUT2D eigenvalue weighted by Gasteiger charge is -2.07. The van der Waals surface area contributed by atoms with Crippen molar-refractivity contribution in [2.24, 2.45) is 0 Å². The Morgan fingerprint density at radius 3 is 2.43 bits per heavy atom. The number of carbonyl (C=O) groups excluding carboxylic acids is 1. The van der Waals surface area contributed by atoms with Gasteiger partial charge >= 0.3 is 0 Å². The zero-order valence-corrected chi connectivity index (χ0v) is 11.6. The van der Waals surface area contributed by atoms with Gasteiger partial charge in [-0.2, -0.15) is 5.26 Å². The lowest BCUT2D eigenvalue weighted by molar-refractivity contribution is -0.121. The molecule has 21 heavy (non-hydrogen) atoms. The van der Waals surface area contributed by atoms with Crippen LogP contribution < -0.4 is 5.32 Å². The zero-order chi connectivity index (χ0) is 14.9. The van der Waals surface area contributed by atoms with Crippen molar-refractivity contribution in [3.63, 3.8) is 0 Å². The Balaban J connectivity index is 1.75. The molecule has 1 amide bonds. The van der Waals surface area contributed by atoms with Gasteiger partial charge in [-0.3, -0.25) is 4.79 Å². The summed E-state index contributed by atoms with van der Waals surface area (Å²) < 4.78 is 5.36. The number of nitrogens with one attached hydrogen (secondary N) is 1. The first-order valence-corrected chi connectivity index (χ1v) is 6.65. The molecule has 0 fully saturated rings. The van der Waals surface area contributed by atoms with E-state index in [1.165, 1.54) is 0 Å². The molecular weight excluding hydrogens is 264 g/mol. The topological polar surface area (TPSA) is 62.1 Å². The number of hydrogen-bond acceptors (Lipinski definition) is 3. The summed E-state index contributed by atoms with van der Waals surface area (Å²) in [6.45, 7) is 0.421. The van der Waals surface area contributed by atoms with E-state index >= 15 is 0 Å². The Morgan fingerprint density at radius 2 is 1.76 bits per heavy atom. The smallest absolute Gasteiger partial charge is 0.250 e. The standard InChI is InChI=1S/C17H16N2O2/c18-11-10-14-6-8-16(9-7-14)19-17(20)13-21-12-15-4-2-1-3-5-15/h1-9H,10,12-13H2,(H,19,20). The third-order valence-electron chi connectivity index (χ3n) is 2.87. The number of nitriles is 1. The molecule has 0 saturated carbocycles. The highest BCUT2D eigenvalue weighted by molar-refractivity contribution is 5.91. The van der Waals surface area contributed by atoms with Gasteiger partial charge in [-0.05, 0) is 23.3 Å². The molecule has 2 rings (SSSR count). The molecule has 0 aliphatic rings. The predicted molar refractivity (Wildman–Crippen MR) is 80.5 cm³/mol. The molecule has 106 valence electrons. The Bertz CT molecular complexity index is 615. The quantitative estimate of drug-likeness (QED) is 0.885. The SMILES string of the molecule is N#CCc1ccc(NC(=O)COCc2ccccc2)cc1. The summed E-state index contributed by atoms with van der Waals surface area (Å²) >= 11 is 0. The van der Waals surface area contributed by atoms with Crippen LogP contribution in [0.2, 0.25) is 0 Å². The second-order valence-corrected chi connectivity index (χ2v) is 4.56. The molecule has 0 spiro atoms. The van der Waals surface area contributed by atoms with E-state index < -0.39 is 0 Å². The minimum atomic E-state index is -0.195. The summed E-state index contributed by atoms with van der Waals surface area (Å²) in [7, 11) is 0. The molecule has 0 aromatic heterocycles. The van der Waals surface area contributed by atoms with Crippen molar-refractivity contribution in [3.05, 3.63) is 65.7 Å². The minimum absolute atomic E-state index is 0.00877. The number of rotatable bonds is 6. The third-order valence-corrected chi connectivity index (χ3v) is 2.87. The van der Waals surface area contributed by atoms with Crippen LogP contribution in [-0.2, 0) is 22.6 Å². The number of benzene rings is 2. The van der Waals surface area contributed by atoms with E-state index in [0.717, 1.165) is 11.1 Å². The summed E-state index contributed by atoms with van der Waals surface area (Å²) in [6.07, 6.45) is 0.369. The molecule has 0 radical (unpaired) electrons. The summed E-state index contributed by atoms with van der Waals surface area (Å²) in [5.41, 5.74) is 2.66. The fraction of sp³-hybridized carbons (Fsp3) is 0.176. The van der Waals surface area contributed by atoms with Gasteiger partial charge in [0.05, 0.1) is 19.1 Å². The van der Waals surface area contributed by atoms with Crippen molar-refractivity contribution < 1.29 is 9.53 Å². The van der Waals surface area contributed by atoms with Crippen LogP contribution in [0.25, 0.3) is 0 Å². The van der Waals surface area contributed by atoms with Gasteiger partial charge in [0, 0.05) is 5.69 Å². The zero-order valence-electron chi connectivity index (χ0n) is 11.6. The van der Waals surface area contributed by atoms with E-state index in [1.807, 2.05) is 42.5 Å². The van der Waals surface area contributed by atoms with Gasteiger partial charge in [-0.25, -0.2) is 0 Å². The van der Waals surface area contributed by atoms with Crippen LogP contribution in [0.15, 0.2) is 54.6 Å². The molecule has 0 aliphatic carbocycles. The molecule has 0 bridgehead atoms. The predicted octanol–water partition coefficient (Wildman–Crippen LogP) is 2.91. The first-order valence-electron chi connectivity index (χ1n) is 6.65. The molecule has 1 N–H and O–H groups in total. The van der Waals surface area contributed by atoms with E-state index in [-0.39, 0.29) is 12.5 Å². The van der Waals surface area contributed by atoms with Gasteiger partial charge in [0.1, 0.15) is 6.61 Å². The molecule has 2 aromatic rings. The van der Waals surface area contributed by atoms with Crippen molar-refractivity contribution in [2.75, 3.05) is 11.9 Å². The van der Waals surface area contributed by atoms with Crippen LogP contribution in [0.3, 0.4) is 0 Å². The average Bonchev–Trinajstić information content (AvgIpc) is 2.51. The largest absolute Gasteiger partial charge is 0.367 e. The van der Waals surface area contributed by atoms with Gasteiger partial charge < -0.3 is 10.1 Å². The van der Waals surface area contributed by atoms with E-state index in [4.69, 9.17) is 10.00 Å². The van der Waals surface area contributed by atoms with Crippen LogP contribution in [0.4, 0.5) is 5.69 Å². The van der Waals surface area contributed by atoms with Gasteiger partial charge in [-0.15, -0.1) is 0 Å². The van der Waals surface area contributed by atoms with Gasteiger partial charge in [-0.1, -0.05) is 42.5 Å². The lowest BCUT2D eigenvalue weighted by Crippen LogP contribution is -2.18. The van der Waals surface area contributed by atoms with Crippen molar-refractivity contribution in [1.29, 1.82) is 5.26 Å². The normalized spacial score (nSPS) is 9.86. The minimum Gasteiger partial charge on any atom is -0.367 e. The maximum atomic E-state index is 11.7. The van der Waals surface area contributed by atoms with Crippen molar-refractivity contribution >= 4 is 11.6 Å². The van der Waals surface area contributed by atoms with Crippen LogP contribution in [0.5, 0.6) is 0 Å². The van der Waals surface area contributed by atoms with Crippen molar-refractivity contribution in [2.45, 2.75) is 13.0 Å². The van der Waals surface area contributed by atoms with E-state index in [2.05, 4.69) is 11.4 Å². The Morgan fingerprint density at radius 1 is 1.05 bits per heavy atom. The first kappa shape index (κ1) is 14.8. The maximum absolute atomic E-state index is 11.7. The molecule has 4 heteroatoms. The molecule has 0 unspecified atom stereocenters. The van der Waals surface area contributed by atoms with Crippen LogP contribution in [0.1, 0.15) is 11.1 Å². The fourth-order valence-electron chi connectivity index (χ4n) is 1.83. The second-order valence-electron chi connectivity index (χ2n) is 4.56. The Kier molecular flexibility index (Phi) is 5.50. The highest BCUT2D eigenvalue weighted by Gasteiger charge is 2.03. The fourth-order valence-corrected chi connectivity index (χ4v) is 1.83. The second kappa shape index (κ2) is 7.83. The number of hydrogen-bond donors (Lipinski definition) is 1. The number of ether oxygens (including phenoxy) is 1. The summed E-state index contributed by atoms with van der Waals surface area (Å²) in [5.74, 6) is -0.195. The number of nitrogens with zero attached hydrogens (tertiary/aromatic N) is 1. The van der Waals surface area contributed by atoms with Crippen LogP contribution >= 0.6 is 0 Å². The van der Waals surface area contributed by atoms with E-state index in [0.29, 0.717) is 18.7 Å². The van der Waals surface area contributed by atoms with E-state index in [9.17, 15) is 4.79 Å². The van der Waals surface area contributed by atoms with E-state index in [1.54, 1.807) is 12.1 Å². The molecule has 0 aliphatic heterocycles. The number of anilines is 1. The van der Waals surface area contributed by atoms with Crippen LogP contribution in [0, 0.1) is 11.3 Å². The van der Waals surface area contributed by atoms with Crippen LogP contribution in [-0.4, -0.2) is 12.5 Å². The Hall–Kier alpha value is -2.64. The number of amides is 1. The highest BCUT2D eigenvalue weighted by Crippen LogP contribution is 2.10. The molecule has 4 nitrogen and oxygen atoms in total. The summed E-state index contributed by atoms with van der Waals surface area (Å²) in [6, 6.07) is 19.0. The monoisotopic (exact) mass is 280 g/mol. The molecular formula is C17H16N2O2. The average molecular weight is 280 g/mol.